The molecule has 8 nitrogen and oxygen atoms in total. The van der Waals surface area contributed by atoms with E-state index in [1.165, 1.54) is 0 Å². The molecular formula is C21H25N5O3. The molecule has 0 radical (unpaired) electrons. The van der Waals surface area contributed by atoms with Gasteiger partial charge in [-0.1, -0.05) is 0 Å². The summed E-state index contributed by atoms with van der Waals surface area (Å²) >= 11 is 0. The van der Waals surface area contributed by atoms with E-state index in [9.17, 15) is 4.79 Å². The molecule has 3 heterocycles. The maximum absolute atomic E-state index is 12.9. The van der Waals surface area contributed by atoms with Gasteiger partial charge in [-0.25, -0.2) is 0 Å². The van der Waals surface area contributed by atoms with Crippen molar-refractivity contribution in [1.82, 2.24) is 20.1 Å². The number of fused-ring (bicyclic) bond motifs is 1. The third-order valence-corrected chi connectivity index (χ3v) is 4.65. The molecule has 2 aromatic heterocycles. The number of aryl methyl sites for hydroxylation is 1. The molecule has 8 heteroatoms. The first-order chi connectivity index (χ1) is 14.0. The highest BCUT2D eigenvalue weighted by Crippen LogP contribution is 2.30. The van der Waals surface area contributed by atoms with E-state index < -0.39 is 0 Å². The number of rotatable bonds is 5. The maximum atomic E-state index is 12.9. The summed E-state index contributed by atoms with van der Waals surface area (Å²) in [6, 6.07) is 9.42. The molecule has 0 saturated carbocycles. The smallest absolute Gasteiger partial charge is 0.254 e. The van der Waals surface area contributed by atoms with E-state index in [0.717, 1.165) is 16.5 Å². The fourth-order valence-corrected chi connectivity index (χ4v) is 3.30. The summed E-state index contributed by atoms with van der Waals surface area (Å²) in [6.07, 6.45) is -0.0248. The van der Waals surface area contributed by atoms with E-state index in [0.29, 0.717) is 49.4 Å². The largest absolute Gasteiger partial charge is 0.474 e. The van der Waals surface area contributed by atoms with Gasteiger partial charge in [-0.15, -0.1) is 0 Å². The number of H-pyrrole nitrogens is 1. The van der Waals surface area contributed by atoms with Crippen LogP contribution in [-0.2, 0) is 4.74 Å². The molecule has 1 fully saturated rings. The predicted octanol–water partition coefficient (Wildman–Crippen LogP) is 3.27. The third kappa shape index (κ3) is 4.32. The Morgan fingerprint density at radius 3 is 2.69 bits per heavy atom. The molecule has 4 rings (SSSR count). The summed E-state index contributed by atoms with van der Waals surface area (Å²) in [4.78, 5) is 19.3. The average molecular weight is 395 g/mol. The van der Waals surface area contributed by atoms with Gasteiger partial charge in [-0.2, -0.15) is 10.1 Å². The fourth-order valence-electron chi connectivity index (χ4n) is 3.30. The molecule has 0 unspecified atom stereocenters. The van der Waals surface area contributed by atoms with Gasteiger partial charge in [-0.3, -0.25) is 9.89 Å². The number of carbonyl (C=O) groups excluding carboxylic acids is 1. The van der Waals surface area contributed by atoms with E-state index >= 15 is 0 Å². The second kappa shape index (κ2) is 8.08. The molecule has 1 saturated heterocycles. The van der Waals surface area contributed by atoms with Gasteiger partial charge in [-0.05, 0) is 50.4 Å². The number of nitrogens with one attached hydrogen (secondary N) is 2. The third-order valence-electron chi connectivity index (χ3n) is 4.65. The lowest BCUT2D eigenvalue weighted by atomic mass is 10.1. The zero-order chi connectivity index (χ0) is 20.4. The number of aromatic nitrogens is 3. The van der Waals surface area contributed by atoms with E-state index in [1.807, 2.05) is 56.0 Å². The number of nitrogens with zero attached hydrogens (tertiary/aromatic N) is 3. The number of hydrogen-bond acceptors (Lipinski definition) is 6. The van der Waals surface area contributed by atoms with Crippen LogP contribution in [0.1, 0.15) is 29.9 Å². The Morgan fingerprint density at radius 1 is 1.21 bits per heavy atom. The summed E-state index contributed by atoms with van der Waals surface area (Å²) in [5.74, 6) is 1.81. The first kappa shape index (κ1) is 19.2. The van der Waals surface area contributed by atoms with Gasteiger partial charge in [0.2, 0.25) is 5.88 Å². The number of morpholine rings is 1. The Labute approximate surface area is 169 Å². The molecule has 2 N–H and O–H groups in total. The number of ether oxygens (including phenoxy) is 2. The number of amides is 1. The Balaban J connectivity index is 1.71. The quantitative estimate of drug-likeness (QED) is 0.689. The number of aromatic amines is 1. The zero-order valence-electron chi connectivity index (χ0n) is 16.9. The monoisotopic (exact) mass is 395 g/mol. The normalized spacial score (nSPS) is 14.4. The van der Waals surface area contributed by atoms with Crippen molar-refractivity contribution in [3.05, 3.63) is 41.6 Å². The van der Waals surface area contributed by atoms with E-state index in [4.69, 9.17) is 9.47 Å². The highest BCUT2D eigenvalue weighted by atomic mass is 16.5. The molecule has 1 aliphatic rings. The molecule has 1 aliphatic heterocycles. The van der Waals surface area contributed by atoms with Crippen molar-refractivity contribution in [2.75, 3.05) is 31.6 Å². The summed E-state index contributed by atoms with van der Waals surface area (Å²) in [6.45, 7) is 8.23. The van der Waals surface area contributed by atoms with Gasteiger partial charge in [0.25, 0.3) is 5.91 Å². The Morgan fingerprint density at radius 2 is 2.00 bits per heavy atom. The molecule has 0 bridgehead atoms. The van der Waals surface area contributed by atoms with Crippen molar-refractivity contribution in [3.8, 4) is 5.88 Å². The lowest BCUT2D eigenvalue weighted by Crippen LogP contribution is -2.40. The maximum Gasteiger partial charge on any atom is 0.254 e. The van der Waals surface area contributed by atoms with Crippen LogP contribution in [0.5, 0.6) is 5.88 Å². The number of pyridine rings is 1. The van der Waals surface area contributed by atoms with Gasteiger partial charge in [0.1, 0.15) is 5.82 Å². The minimum Gasteiger partial charge on any atom is -0.474 e. The highest BCUT2D eigenvalue weighted by molar-refractivity contribution is 6.00. The predicted molar refractivity (Wildman–Crippen MR) is 111 cm³/mol. The average Bonchev–Trinajstić information content (AvgIpc) is 3.11. The SMILES string of the molecule is Cc1cc(Nc2cc3cc(C(=O)N4CCOCC4)ccc3c(OC(C)C)n2)n[nH]1. The Hall–Kier alpha value is -3.13. The summed E-state index contributed by atoms with van der Waals surface area (Å²) in [7, 11) is 0. The molecule has 3 aromatic rings. The number of benzene rings is 1. The number of hydrogen-bond donors (Lipinski definition) is 2. The van der Waals surface area contributed by atoms with Crippen LogP contribution in [0, 0.1) is 6.92 Å². The van der Waals surface area contributed by atoms with Crippen molar-refractivity contribution < 1.29 is 14.3 Å². The van der Waals surface area contributed by atoms with Gasteiger partial charge >= 0.3 is 0 Å². The molecular weight excluding hydrogens is 370 g/mol. The van der Waals surface area contributed by atoms with Crippen LogP contribution < -0.4 is 10.1 Å². The second-order valence-corrected chi connectivity index (χ2v) is 7.38. The first-order valence-electron chi connectivity index (χ1n) is 9.77. The molecule has 29 heavy (non-hydrogen) atoms. The van der Waals surface area contributed by atoms with Crippen LogP contribution in [-0.4, -0.2) is 58.4 Å². The molecule has 0 aliphatic carbocycles. The molecule has 152 valence electrons. The lowest BCUT2D eigenvalue weighted by molar-refractivity contribution is 0.0303. The van der Waals surface area contributed by atoms with Gasteiger partial charge in [0.15, 0.2) is 5.82 Å². The lowest BCUT2D eigenvalue weighted by Gasteiger charge is -2.27. The van der Waals surface area contributed by atoms with Gasteiger partial charge in [0.05, 0.1) is 19.3 Å². The Kier molecular flexibility index (Phi) is 5.35. The van der Waals surface area contributed by atoms with Crippen molar-refractivity contribution >= 4 is 28.3 Å². The number of anilines is 2. The van der Waals surface area contributed by atoms with Crippen LogP contribution in [0.3, 0.4) is 0 Å². The van der Waals surface area contributed by atoms with Crippen LogP contribution in [0.15, 0.2) is 30.3 Å². The standard InChI is InChI=1S/C21H25N5O3/c1-13(2)29-20-17-5-4-15(21(27)26-6-8-28-9-7-26)11-16(17)12-18(23-20)22-19-10-14(3)24-25-19/h4-5,10-13H,6-9H2,1-3H3,(H2,22,23,24,25). The molecule has 0 atom stereocenters. The van der Waals surface area contributed by atoms with Crippen molar-refractivity contribution in [2.45, 2.75) is 26.9 Å². The topological polar surface area (TPSA) is 92.4 Å². The molecule has 1 amide bonds. The van der Waals surface area contributed by atoms with Crippen molar-refractivity contribution in [1.29, 1.82) is 0 Å². The fraction of sp³-hybridized carbons (Fsp3) is 0.381. The van der Waals surface area contributed by atoms with Crippen LogP contribution in [0.2, 0.25) is 0 Å². The molecule has 1 aromatic carbocycles. The summed E-state index contributed by atoms with van der Waals surface area (Å²) in [5.41, 5.74) is 1.59. The Bertz CT molecular complexity index is 1020. The second-order valence-electron chi connectivity index (χ2n) is 7.38. The van der Waals surface area contributed by atoms with Crippen LogP contribution >= 0.6 is 0 Å². The van der Waals surface area contributed by atoms with Crippen molar-refractivity contribution in [2.24, 2.45) is 0 Å². The van der Waals surface area contributed by atoms with Gasteiger partial charge < -0.3 is 19.7 Å². The van der Waals surface area contributed by atoms with E-state index in [-0.39, 0.29) is 12.0 Å². The summed E-state index contributed by atoms with van der Waals surface area (Å²) in [5, 5.41) is 12.0. The molecule has 0 spiro atoms. The van der Waals surface area contributed by atoms with Crippen molar-refractivity contribution in [3.63, 3.8) is 0 Å². The van der Waals surface area contributed by atoms with Gasteiger partial charge in [0, 0.05) is 35.8 Å². The van der Waals surface area contributed by atoms with Crippen LogP contribution in [0.25, 0.3) is 10.8 Å². The van der Waals surface area contributed by atoms with E-state index in [1.54, 1.807) is 0 Å². The summed E-state index contributed by atoms with van der Waals surface area (Å²) < 4.78 is 11.3. The van der Waals surface area contributed by atoms with E-state index in [2.05, 4.69) is 20.5 Å². The zero-order valence-corrected chi connectivity index (χ0v) is 16.9. The number of carbonyl (C=O) groups is 1. The minimum absolute atomic E-state index is 0.00998. The minimum atomic E-state index is -0.0248. The highest BCUT2D eigenvalue weighted by Gasteiger charge is 2.20. The van der Waals surface area contributed by atoms with Crippen LogP contribution in [0.4, 0.5) is 11.6 Å². The first-order valence-corrected chi connectivity index (χ1v) is 9.77.